The molecule has 0 heterocycles. The quantitative estimate of drug-likeness (QED) is 0.267. The Morgan fingerprint density at radius 1 is 1.36 bits per heavy atom. The average molecular weight is 196 g/mol. The van der Waals surface area contributed by atoms with Gasteiger partial charge in [-0.1, -0.05) is 6.42 Å². The molecule has 5 N–H and O–H groups in total. The highest BCUT2D eigenvalue weighted by Crippen LogP contribution is 2.49. The molecule has 3 atom stereocenters. The number of nitrogens with zero attached hydrogens (tertiary/aromatic N) is 1. The lowest BCUT2D eigenvalue weighted by molar-refractivity contribution is 0.318. The molecule has 2 fully saturated rings. The monoisotopic (exact) mass is 196 g/mol. The molecule has 2 aliphatic rings. The van der Waals surface area contributed by atoms with Crippen LogP contribution in [-0.4, -0.2) is 12.5 Å². The molecular weight excluding hydrogens is 176 g/mol. The Hall–Kier alpha value is -0.770. The summed E-state index contributed by atoms with van der Waals surface area (Å²) < 4.78 is 0. The third-order valence-corrected chi connectivity index (χ3v) is 3.81. The van der Waals surface area contributed by atoms with E-state index in [0.29, 0.717) is 5.96 Å². The molecule has 2 bridgehead atoms. The van der Waals surface area contributed by atoms with Crippen LogP contribution in [0.2, 0.25) is 0 Å². The van der Waals surface area contributed by atoms with Crippen LogP contribution in [0.15, 0.2) is 4.99 Å². The molecule has 80 valence electrons. The van der Waals surface area contributed by atoms with Gasteiger partial charge in [-0.05, 0) is 43.4 Å². The number of hydrogen-bond acceptors (Lipinski definition) is 2. The topological polar surface area (TPSA) is 76.4 Å². The SMILES string of the molecule is NNC(N)=NCCC1CC2CCC1C2. The van der Waals surface area contributed by atoms with Gasteiger partial charge in [0.05, 0.1) is 0 Å². The highest BCUT2D eigenvalue weighted by atomic mass is 15.3. The van der Waals surface area contributed by atoms with Gasteiger partial charge in [-0.15, -0.1) is 0 Å². The number of nitrogens with one attached hydrogen (secondary N) is 1. The van der Waals surface area contributed by atoms with Gasteiger partial charge in [-0.2, -0.15) is 0 Å². The molecule has 4 nitrogen and oxygen atoms in total. The van der Waals surface area contributed by atoms with Crippen LogP contribution >= 0.6 is 0 Å². The Labute approximate surface area is 85.1 Å². The van der Waals surface area contributed by atoms with E-state index < -0.39 is 0 Å². The van der Waals surface area contributed by atoms with Crippen LogP contribution in [-0.2, 0) is 0 Å². The second-order valence-corrected chi connectivity index (χ2v) is 4.63. The number of guanidine groups is 1. The fourth-order valence-corrected chi connectivity index (χ4v) is 3.13. The van der Waals surface area contributed by atoms with Gasteiger partial charge in [0.2, 0.25) is 5.96 Å². The van der Waals surface area contributed by atoms with Crippen LogP contribution in [0, 0.1) is 17.8 Å². The van der Waals surface area contributed by atoms with Crippen molar-refractivity contribution in [3.8, 4) is 0 Å². The van der Waals surface area contributed by atoms with Gasteiger partial charge in [0.1, 0.15) is 0 Å². The molecule has 3 unspecified atom stereocenters. The Balaban J connectivity index is 1.72. The van der Waals surface area contributed by atoms with E-state index in [9.17, 15) is 0 Å². The van der Waals surface area contributed by atoms with E-state index in [2.05, 4.69) is 10.4 Å². The predicted molar refractivity (Wildman–Crippen MR) is 57.4 cm³/mol. The van der Waals surface area contributed by atoms with Gasteiger partial charge in [0.25, 0.3) is 0 Å². The standard InChI is InChI=1S/C10H20N4/c11-10(14-12)13-4-3-9-6-7-1-2-8(9)5-7/h7-9H,1-6,12H2,(H3,11,13,14). The zero-order chi connectivity index (χ0) is 9.97. The third kappa shape index (κ3) is 2.00. The first-order valence-corrected chi connectivity index (χ1v) is 5.56. The van der Waals surface area contributed by atoms with Gasteiger partial charge in [-0.3, -0.25) is 10.4 Å². The van der Waals surface area contributed by atoms with Crippen molar-refractivity contribution >= 4 is 5.96 Å². The van der Waals surface area contributed by atoms with Crippen molar-refractivity contribution in [2.75, 3.05) is 6.54 Å². The van der Waals surface area contributed by atoms with Crippen LogP contribution in [0.5, 0.6) is 0 Å². The summed E-state index contributed by atoms with van der Waals surface area (Å²) in [5.41, 5.74) is 7.80. The summed E-state index contributed by atoms with van der Waals surface area (Å²) in [4.78, 5) is 4.15. The molecule has 0 saturated heterocycles. The molecule has 0 aromatic carbocycles. The van der Waals surface area contributed by atoms with Crippen molar-refractivity contribution in [3.05, 3.63) is 0 Å². The van der Waals surface area contributed by atoms with E-state index in [1.807, 2.05) is 0 Å². The van der Waals surface area contributed by atoms with Gasteiger partial charge in [-0.25, -0.2) is 5.84 Å². The summed E-state index contributed by atoms with van der Waals surface area (Å²) >= 11 is 0. The van der Waals surface area contributed by atoms with Gasteiger partial charge < -0.3 is 5.73 Å². The number of hydrazine groups is 1. The van der Waals surface area contributed by atoms with Crippen molar-refractivity contribution in [2.45, 2.75) is 32.1 Å². The zero-order valence-corrected chi connectivity index (χ0v) is 8.58. The number of nitrogens with two attached hydrogens (primary N) is 2. The maximum absolute atomic E-state index is 5.45. The average Bonchev–Trinajstić information content (AvgIpc) is 2.79. The van der Waals surface area contributed by atoms with Gasteiger partial charge in [0.15, 0.2) is 0 Å². The Morgan fingerprint density at radius 2 is 2.21 bits per heavy atom. The number of aliphatic imine (C=N–C) groups is 1. The van der Waals surface area contributed by atoms with Gasteiger partial charge in [0, 0.05) is 6.54 Å². The molecule has 4 heteroatoms. The maximum Gasteiger partial charge on any atom is 0.203 e. The lowest BCUT2D eigenvalue weighted by atomic mass is 9.86. The minimum absolute atomic E-state index is 0.355. The molecule has 2 rings (SSSR count). The first kappa shape index (κ1) is 9.77. The predicted octanol–water partition coefficient (Wildman–Crippen LogP) is 0.591. The van der Waals surface area contributed by atoms with Crippen molar-refractivity contribution in [1.29, 1.82) is 0 Å². The number of fused-ring (bicyclic) bond motifs is 2. The Bertz CT molecular complexity index is 226. The van der Waals surface area contributed by atoms with E-state index >= 15 is 0 Å². The van der Waals surface area contributed by atoms with Crippen molar-refractivity contribution in [1.82, 2.24) is 5.43 Å². The molecular formula is C10H20N4. The maximum atomic E-state index is 5.45. The van der Waals surface area contributed by atoms with E-state index in [-0.39, 0.29) is 0 Å². The smallest absolute Gasteiger partial charge is 0.203 e. The lowest BCUT2D eigenvalue weighted by Crippen LogP contribution is -2.37. The fourth-order valence-electron chi connectivity index (χ4n) is 3.13. The lowest BCUT2D eigenvalue weighted by Gasteiger charge is -2.20. The summed E-state index contributed by atoms with van der Waals surface area (Å²) in [5.74, 6) is 8.40. The summed E-state index contributed by atoms with van der Waals surface area (Å²) in [7, 11) is 0. The second kappa shape index (κ2) is 4.17. The normalized spacial score (nSPS) is 36.4. The van der Waals surface area contributed by atoms with Gasteiger partial charge >= 0.3 is 0 Å². The minimum atomic E-state index is 0.355. The summed E-state index contributed by atoms with van der Waals surface area (Å²) in [5, 5.41) is 0. The minimum Gasteiger partial charge on any atom is -0.369 e. The van der Waals surface area contributed by atoms with Crippen LogP contribution in [0.1, 0.15) is 32.1 Å². The summed E-state index contributed by atoms with van der Waals surface area (Å²) in [6, 6.07) is 0. The summed E-state index contributed by atoms with van der Waals surface area (Å²) in [6.45, 7) is 0.823. The van der Waals surface area contributed by atoms with Crippen LogP contribution in [0.3, 0.4) is 0 Å². The Morgan fingerprint density at radius 3 is 2.79 bits per heavy atom. The molecule has 2 aliphatic carbocycles. The molecule has 0 amide bonds. The molecule has 0 radical (unpaired) electrons. The Kier molecular flexibility index (Phi) is 2.91. The van der Waals surface area contributed by atoms with E-state index in [1.54, 1.807) is 0 Å². The van der Waals surface area contributed by atoms with E-state index in [1.165, 1.54) is 32.1 Å². The third-order valence-electron chi connectivity index (χ3n) is 3.81. The molecule has 0 aliphatic heterocycles. The second-order valence-electron chi connectivity index (χ2n) is 4.63. The highest BCUT2D eigenvalue weighted by Gasteiger charge is 2.38. The van der Waals surface area contributed by atoms with Crippen LogP contribution in [0.25, 0.3) is 0 Å². The largest absolute Gasteiger partial charge is 0.369 e. The molecule has 2 saturated carbocycles. The number of hydrogen-bond donors (Lipinski definition) is 3. The van der Waals surface area contributed by atoms with Crippen molar-refractivity contribution in [2.24, 2.45) is 34.3 Å². The fraction of sp³-hybridized carbons (Fsp3) is 0.900. The van der Waals surface area contributed by atoms with E-state index in [0.717, 1.165) is 24.3 Å². The molecule has 14 heavy (non-hydrogen) atoms. The molecule has 0 aromatic rings. The first-order valence-electron chi connectivity index (χ1n) is 5.56. The van der Waals surface area contributed by atoms with E-state index in [4.69, 9.17) is 11.6 Å². The van der Waals surface area contributed by atoms with Crippen LogP contribution in [0.4, 0.5) is 0 Å². The van der Waals surface area contributed by atoms with Crippen molar-refractivity contribution in [3.63, 3.8) is 0 Å². The van der Waals surface area contributed by atoms with Crippen LogP contribution < -0.4 is 17.0 Å². The highest BCUT2D eigenvalue weighted by molar-refractivity contribution is 5.77. The summed E-state index contributed by atoms with van der Waals surface area (Å²) in [6.07, 6.45) is 7.00. The zero-order valence-electron chi connectivity index (χ0n) is 8.58. The first-order chi connectivity index (χ1) is 6.79. The molecule has 0 aromatic heterocycles. The molecule has 0 spiro atoms. The van der Waals surface area contributed by atoms with Crippen molar-refractivity contribution < 1.29 is 0 Å². The number of rotatable bonds is 3.